The maximum atomic E-state index is 13.7. The summed E-state index contributed by atoms with van der Waals surface area (Å²) in [6, 6.07) is 3.37. The van der Waals surface area contributed by atoms with Gasteiger partial charge in [-0.05, 0) is 19.1 Å². The molecule has 0 aromatic heterocycles. The highest BCUT2D eigenvalue weighted by atomic mass is 31.1. The van der Waals surface area contributed by atoms with Crippen LogP contribution in [0.4, 0.5) is 22.0 Å². The van der Waals surface area contributed by atoms with Crippen molar-refractivity contribution < 1.29 is 46.0 Å². The van der Waals surface area contributed by atoms with E-state index in [-0.39, 0.29) is 0 Å². The Labute approximate surface area is 149 Å². The lowest BCUT2D eigenvalue weighted by Gasteiger charge is -2.11. The molecule has 1 unspecified atom stereocenters. The Morgan fingerprint density at radius 1 is 1.04 bits per heavy atom. The molecule has 0 aliphatic rings. The molecule has 0 saturated carbocycles. The number of hydrogen-bond donors (Lipinski definition) is 1. The number of carboxylic acids is 1. The molecule has 2 atom stereocenters. The van der Waals surface area contributed by atoms with Crippen molar-refractivity contribution in [3.05, 3.63) is 53.4 Å². The third-order valence-corrected chi connectivity index (χ3v) is 3.92. The molecule has 0 bridgehead atoms. The highest BCUT2D eigenvalue weighted by Crippen LogP contribution is 2.39. The lowest BCUT2D eigenvalue weighted by molar-refractivity contribution is -0.169. The lowest BCUT2D eigenvalue weighted by Crippen LogP contribution is -2.13. The molecule has 0 heterocycles. The van der Waals surface area contributed by atoms with Crippen LogP contribution in [0.15, 0.2) is 29.0 Å². The zero-order chi connectivity index (χ0) is 20.3. The van der Waals surface area contributed by atoms with Crippen molar-refractivity contribution in [2.45, 2.75) is 13.0 Å². The van der Waals surface area contributed by atoms with Crippen LogP contribution < -0.4 is 14.2 Å². The van der Waals surface area contributed by atoms with Gasteiger partial charge in [-0.1, -0.05) is 16.9 Å². The molecule has 2 aromatic carbocycles. The van der Waals surface area contributed by atoms with Crippen LogP contribution in [0.5, 0.6) is 17.2 Å². The fraction of sp³-hybridized carbons (Fsp3) is 0.133. The van der Waals surface area contributed by atoms with Gasteiger partial charge in [0.15, 0.2) is 11.8 Å². The third-order valence-electron chi connectivity index (χ3n) is 3.03. The minimum Gasteiger partial charge on any atom is -0.575 e. The fourth-order valence-electron chi connectivity index (χ4n) is 1.69. The molecule has 0 amide bonds. The van der Waals surface area contributed by atoms with Crippen LogP contribution in [0.1, 0.15) is 6.92 Å². The van der Waals surface area contributed by atoms with Crippen LogP contribution in [0.2, 0.25) is 0 Å². The van der Waals surface area contributed by atoms with Crippen molar-refractivity contribution in [3.8, 4) is 17.2 Å². The summed E-state index contributed by atoms with van der Waals surface area (Å²) >= 11 is 0. The molecular formula is C15H9F5NO5P. The van der Waals surface area contributed by atoms with Crippen molar-refractivity contribution in [3.63, 3.8) is 0 Å². The largest absolute Gasteiger partial charge is 0.575 e. The van der Waals surface area contributed by atoms with Gasteiger partial charge in [0.2, 0.25) is 40.6 Å². The van der Waals surface area contributed by atoms with Gasteiger partial charge in [-0.25, -0.2) is 18.0 Å². The number of hydrogen-bond acceptors (Lipinski definition) is 5. The van der Waals surface area contributed by atoms with Crippen LogP contribution >= 0.6 is 8.17 Å². The maximum absolute atomic E-state index is 13.7. The zero-order valence-corrected chi connectivity index (χ0v) is 14.1. The average molecular weight is 409 g/mol. The van der Waals surface area contributed by atoms with Crippen LogP contribution in [0, 0.1) is 29.1 Å². The molecule has 2 aromatic rings. The van der Waals surface area contributed by atoms with E-state index in [2.05, 4.69) is 4.74 Å². The number of benzene rings is 2. The first kappa shape index (κ1) is 20.5. The number of carboxylic acid groups (broad SMARTS) is 1. The number of carbonyl (C=O) groups is 1. The summed E-state index contributed by atoms with van der Waals surface area (Å²) in [4.78, 5) is 22.4. The zero-order valence-electron chi connectivity index (χ0n) is 13.3. The van der Waals surface area contributed by atoms with Gasteiger partial charge < -0.3 is 14.7 Å². The number of ether oxygens (including phenoxy) is 1. The molecule has 0 saturated heterocycles. The molecule has 6 nitrogen and oxygen atoms in total. The smallest absolute Gasteiger partial charge is 0.395 e. The predicted octanol–water partition coefficient (Wildman–Crippen LogP) is 3.88. The second-order valence-corrected chi connectivity index (χ2v) is 5.80. The summed E-state index contributed by atoms with van der Waals surface area (Å²) < 4.78 is 79.9. The summed E-state index contributed by atoms with van der Waals surface area (Å²) in [5.74, 6) is -15.1. The molecule has 0 radical (unpaired) electrons. The van der Waals surface area contributed by atoms with E-state index in [1.807, 2.05) is 0 Å². The summed E-state index contributed by atoms with van der Waals surface area (Å²) in [7, 11) is -2.93. The quantitative estimate of drug-likeness (QED) is 0.338. The second kappa shape index (κ2) is 8.28. The highest BCUT2D eigenvalue weighted by Gasteiger charge is 2.28. The van der Waals surface area contributed by atoms with Gasteiger partial charge in [-0.15, -0.1) is 0 Å². The minimum atomic E-state index is -2.93. The van der Waals surface area contributed by atoms with Gasteiger partial charge in [0, 0.05) is 0 Å². The van der Waals surface area contributed by atoms with Crippen molar-refractivity contribution in [1.29, 1.82) is 0 Å². The summed E-state index contributed by atoms with van der Waals surface area (Å²) in [5, 5.41) is 8.69. The first-order valence-corrected chi connectivity index (χ1v) is 8.13. The van der Waals surface area contributed by atoms with Crippen molar-refractivity contribution >= 4 is 14.1 Å². The third kappa shape index (κ3) is 4.50. The molecule has 0 spiro atoms. The van der Waals surface area contributed by atoms with E-state index in [0.29, 0.717) is 0 Å². The average Bonchev–Trinajstić information content (AvgIpc) is 2.63. The Bertz CT molecular complexity index is 895. The number of halogens is 5. The van der Waals surface area contributed by atoms with Crippen LogP contribution in [0.25, 0.3) is 0 Å². The Hall–Kier alpha value is -2.78. The van der Waals surface area contributed by atoms with Crippen LogP contribution in [-0.4, -0.2) is 17.1 Å². The van der Waals surface area contributed by atoms with Crippen LogP contribution in [-0.2, 0) is 4.79 Å². The summed E-state index contributed by atoms with van der Waals surface area (Å²) in [6.45, 7) is 1.12. The molecule has 27 heavy (non-hydrogen) atoms. The van der Waals surface area contributed by atoms with Crippen molar-refractivity contribution in [2.24, 2.45) is 4.74 Å². The molecule has 0 aliphatic heterocycles. The molecule has 144 valence electrons. The molecule has 1 N–H and O–H groups in total. The second-order valence-electron chi connectivity index (χ2n) is 4.91. The molecular weight excluding hydrogens is 400 g/mol. The molecule has 12 heteroatoms. The standard InChI is InChI=1S/C15H9F5NO5P/c1-6(15(22)23)21-27(24)26-8-5-3-2-4-7(8)25-14-12(19)10(17)9(16)11(18)13(14)20/h2-6H,1H3,(H,22,23)/t6-/m1/s1. The number of rotatable bonds is 6. The SMILES string of the molecule is C[C@@H](N=[P+]([O-])Oc1ccccc1Oc1c(F)c(F)c(F)c(F)c1F)C(=O)O. The fourth-order valence-corrected chi connectivity index (χ4v) is 2.44. The molecule has 0 fully saturated rings. The normalized spacial score (nSPS) is 12.6. The van der Waals surface area contributed by atoms with E-state index in [0.717, 1.165) is 19.1 Å². The first-order valence-electron chi connectivity index (χ1n) is 7.00. The van der Waals surface area contributed by atoms with Crippen molar-refractivity contribution in [1.82, 2.24) is 0 Å². The van der Waals surface area contributed by atoms with Crippen molar-refractivity contribution in [2.75, 3.05) is 0 Å². The number of para-hydroxylation sites is 2. The minimum absolute atomic E-state index is 0.427. The summed E-state index contributed by atoms with van der Waals surface area (Å²) in [6.07, 6.45) is 0. The van der Waals surface area contributed by atoms with E-state index in [9.17, 15) is 31.6 Å². The Morgan fingerprint density at radius 2 is 1.52 bits per heavy atom. The van der Waals surface area contributed by atoms with E-state index in [1.165, 1.54) is 12.1 Å². The summed E-state index contributed by atoms with van der Waals surface area (Å²) in [5.41, 5.74) is 0. The van der Waals surface area contributed by atoms with E-state index in [1.54, 1.807) is 0 Å². The van der Waals surface area contributed by atoms with E-state index >= 15 is 0 Å². The van der Waals surface area contributed by atoms with Gasteiger partial charge >= 0.3 is 14.1 Å². The van der Waals surface area contributed by atoms with Gasteiger partial charge in [-0.2, -0.15) is 8.78 Å². The van der Waals surface area contributed by atoms with Gasteiger partial charge in [0.25, 0.3) is 0 Å². The topological polar surface area (TPSA) is 91.2 Å². The molecule has 2 rings (SSSR count). The Balaban J connectivity index is 2.39. The number of nitrogens with zero attached hydrogens (tertiary/aromatic N) is 1. The number of aliphatic carboxylic acids is 1. The van der Waals surface area contributed by atoms with Gasteiger partial charge in [0.05, 0.1) is 0 Å². The van der Waals surface area contributed by atoms with E-state index in [4.69, 9.17) is 14.4 Å². The Kier molecular flexibility index (Phi) is 6.29. The van der Waals surface area contributed by atoms with Gasteiger partial charge in [0.1, 0.15) is 0 Å². The van der Waals surface area contributed by atoms with Gasteiger partial charge in [-0.3, -0.25) is 4.52 Å². The lowest BCUT2D eigenvalue weighted by atomic mass is 10.2. The predicted molar refractivity (Wildman–Crippen MR) is 79.8 cm³/mol. The monoisotopic (exact) mass is 409 g/mol. The molecule has 0 aliphatic carbocycles. The van der Waals surface area contributed by atoms with E-state index < -0.39 is 66.5 Å². The highest BCUT2D eigenvalue weighted by molar-refractivity contribution is 7.34. The van der Waals surface area contributed by atoms with Crippen LogP contribution in [0.3, 0.4) is 0 Å². The maximum Gasteiger partial charge on any atom is 0.395 e. The Morgan fingerprint density at radius 3 is 2.04 bits per heavy atom. The first-order chi connectivity index (χ1) is 12.6.